The summed E-state index contributed by atoms with van der Waals surface area (Å²) in [5, 5.41) is 0.748. The number of para-hydroxylation sites is 1. The van der Waals surface area contributed by atoms with E-state index < -0.39 is 22.3 Å². The smallest absolute Gasteiger partial charge is 0.299 e. The largest absolute Gasteiger partial charge is 0.374 e. The summed E-state index contributed by atoms with van der Waals surface area (Å²) in [6.45, 7) is 1.14. The van der Waals surface area contributed by atoms with Crippen LogP contribution < -0.4 is 0 Å². The minimum absolute atomic E-state index is 0.0708. The van der Waals surface area contributed by atoms with E-state index >= 15 is 0 Å². The first kappa shape index (κ1) is 19.0. The lowest BCUT2D eigenvalue weighted by molar-refractivity contribution is -0.0211. The van der Waals surface area contributed by atoms with Crippen LogP contribution in [0.1, 0.15) is 12.0 Å². The predicted octanol–water partition coefficient (Wildman–Crippen LogP) is 3.31. The van der Waals surface area contributed by atoms with Crippen molar-refractivity contribution in [2.45, 2.75) is 30.1 Å². The number of fused-ring (bicyclic) bond motifs is 1. The van der Waals surface area contributed by atoms with Crippen molar-refractivity contribution >= 4 is 21.0 Å². The molecule has 1 saturated heterocycles. The summed E-state index contributed by atoms with van der Waals surface area (Å²) < 4.78 is 42.7. The molecule has 1 aromatic heterocycles. The highest BCUT2D eigenvalue weighted by molar-refractivity contribution is 7.87. The van der Waals surface area contributed by atoms with E-state index in [2.05, 4.69) is 4.98 Å². The third kappa shape index (κ3) is 4.23. The van der Waals surface area contributed by atoms with Crippen LogP contribution in [0, 0.1) is 0 Å². The Labute approximate surface area is 164 Å². The Morgan fingerprint density at radius 3 is 2.71 bits per heavy atom. The van der Waals surface area contributed by atoms with Crippen LogP contribution in [0.4, 0.5) is 0 Å². The highest BCUT2D eigenvalue weighted by Crippen LogP contribution is 2.27. The SMILES string of the molecule is O=S(=O)(O[C@@H]1CCO[C@H]1COCc1ccccc1)c1cccc2cccnc12. The molecule has 0 saturated carbocycles. The van der Waals surface area contributed by atoms with E-state index in [0.717, 1.165) is 10.9 Å². The molecule has 0 radical (unpaired) electrons. The fourth-order valence-corrected chi connectivity index (χ4v) is 4.56. The van der Waals surface area contributed by atoms with Gasteiger partial charge in [0.2, 0.25) is 0 Å². The first-order chi connectivity index (χ1) is 13.6. The van der Waals surface area contributed by atoms with Crippen molar-refractivity contribution in [3.05, 3.63) is 72.4 Å². The lowest BCUT2D eigenvalue weighted by atomic mass is 10.2. The maximum absolute atomic E-state index is 12.9. The van der Waals surface area contributed by atoms with Crippen LogP contribution in [0.3, 0.4) is 0 Å². The fraction of sp³-hybridized carbons (Fsp3) is 0.286. The van der Waals surface area contributed by atoms with Gasteiger partial charge in [-0.2, -0.15) is 8.42 Å². The number of hydrogen-bond donors (Lipinski definition) is 0. The lowest BCUT2D eigenvalue weighted by Gasteiger charge is -2.19. The Bertz CT molecular complexity index is 1030. The molecule has 0 N–H and O–H groups in total. The van der Waals surface area contributed by atoms with Crippen LogP contribution in [0.15, 0.2) is 71.8 Å². The number of aromatic nitrogens is 1. The van der Waals surface area contributed by atoms with E-state index in [0.29, 0.717) is 25.2 Å². The van der Waals surface area contributed by atoms with Gasteiger partial charge in [0.15, 0.2) is 0 Å². The van der Waals surface area contributed by atoms with Gasteiger partial charge in [0.05, 0.1) is 18.7 Å². The van der Waals surface area contributed by atoms with E-state index in [-0.39, 0.29) is 11.5 Å². The Hall–Kier alpha value is -2.32. The van der Waals surface area contributed by atoms with Crippen molar-refractivity contribution in [1.82, 2.24) is 4.98 Å². The van der Waals surface area contributed by atoms with Crippen molar-refractivity contribution in [1.29, 1.82) is 0 Å². The zero-order valence-electron chi connectivity index (χ0n) is 15.2. The molecular weight excluding hydrogens is 378 g/mol. The van der Waals surface area contributed by atoms with Gasteiger partial charge >= 0.3 is 0 Å². The average molecular weight is 399 g/mol. The molecule has 1 aliphatic heterocycles. The van der Waals surface area contributed by atoms with Gasteiger partial charge in [-0.25, -0.2) is 0 Å². The molecule has 6 nitrogen and oxygen atoms in total. The Morgan fingerprint density at radius 1 is 1.04 bits per heavy atom. The quantitative estimate of drug-likeness (QED) is 0.568. The Kier molecular flexibility index (Phi) is 5.68. The van der Waals surface area contributed by atoms with Gasteiger partial charge in [0, 0.05) is 24.6 Å². The lowest BCUT2D eigenvalue weighted by Crippen LogP contribution is -2.31. The molecular formula is C21H21NO5S. The second kappa shape index (κ2) is 8.36. The molecule has 1 aliphatic rings. The summed E-state index contributed by atoms with van der Waals surface area (Å²) in [4.78, 5) is 4.28. The average Bonchev–Trinajstić information content (AvgIpc) is 3.14. The molecule has 3 aromatic rings. The minimum Gasteiger partial charge on any atom is -0.374 e. The van der Waals surface area contributed by atoms with Crippen LogP contribution >= 0.6 is 0 Å². The summed E-state index contributed by atoms with van der Waals surface area (Å²) in [5.74, 6) is 0. The monoisotopic (exact) mass is 399 g/mol. The van der Waals surface area contributed by atoms with Crippen LogP contribution in [-0.4, -0.2) is 38.8 Å². The molecule has 0 aliphatic carbocycles. The van der Waals surface area contributed by atoms with Crippen LogP contribution in [0.2, 0.25) is 0 Å². The number of pyridine rings is 1. The van der Waals surface area contributed by atoms with Crippen LogP contribution in [0.5, 0.6) is 0 Å². The molecule has 0 amide bonds. The zero-order chi connectivity index (χ0) is 19.4. The van der Waals surface area contributed by atoms with E-state index in [1.165, 1.54) is 6.07 Å². The first-order valence-corrected chi connectivity index (χ1v) is 10.5. The zero-order valence-corrected chi connectivity index (χ0v) is 16.0. The van der Waals surface area contributed by atoms with Crippen molar-refractivity contribution in [2.75, 3.05) is 13.2 Å². The Morgan fingerprint density at radius 2 is 1.86 bits per heavy atom. The van der Waals surface area contributed by atoms with Crippen LogP contribution in [-0.2, 0) is 30.4 Å². The predicted molar refractivity (Wildman–Crippen MR) is 104 cm³/mol. The maximum Gasteiger partial charge on any atom is 0.299 e. The highest BCUT2D eigenvalue weighted by atomic mass is 32.2. The number of nitrogens with zero attached hydrogens (tertiary/aromatic N) is 1. The van der Waals surface area contributed by atoms with Crippen molar-refractivity contribution in [2.24, 2.45) is 0 Å². The topological polar surface area (TPSA) is 74.7 Å². The minimum atomic E-state index is -3.98. The molecule has 1 fully saturated rings. The van der Waals surface area contributed by atoms with E-state index in [9.17, 15) is 8.42 Å². The molecule has 2 aromatic carbocycles. The molecule has 0 unspecified atom stereocenters. The normalized spacial score (nSPS) is 19.9. The summed E-state index contributed by atoms with van der Waals surface area (Å²) in [7, 11) is -3.98. The standard InChI is InChI=1S/C21H21NO5S/c23-28(24,20-10-4-8-17-9-5-12-22-21(17)20)27-18-11-13-26-19(18)15-25-14-16-6-2-1-3-7-16/h1-10,12,18-19H,11,13-15H2/t18-,19+/m1/s1. The van der Waals surface area contributed by atoms with Crippen molar-refractivity contribution < 1.29 is 22.1 Å². The van der Waals surface area contributed by atoms with Crippen molar-refractivity contribution in [3.63, 3.8) is 0 Å². The molecule has 28 heavy (non-hydrogen) atoms. The number of hydrogen-bond acceptors (Lipinski definition) is 6. The number of ether oxygens (including phenoxy) is 2. The van der Waals surface area contributed by atoms with Gasteiger partial charge in [0.25, 0.3) is 10.1 Å². The fourth-order valence-electron chi connectivity index (χ4n) is 3.25. The van der Waals surface area contributed by atoms with E-state index in [1.807, 2.05) is 42.5 Å². The third-order valence-corrected chi connectivity index (χ3v) is 6.03. The molecule has 0 spiro atoms. The molecule has 4 rings (SSSR count). The van der Waals surface area contributed by atoms with Crippen molar-refractivity contribution in [3.8, 4) is 0 Å². The molecule has 7 heteroatoms. The first-order valence-electron chi connectivity index (χ1n) is 9.14. The molecule has 0 bridgehead atoms. The van der Waals surface area contributed by atoms with Gasteiger partial charge in [-0.3, -0.25) is 9.17 Å². The molecule has 146 valence electrons. The number of benzene rings is 2. The van der Waals surface area contributed by atoms with Crippen LogP contribution in [0.25, 0.3) is 10.9 Å². The van der Waals surface area contributed by atoms with E-state index in [1.54, 1.807) is 18.3 Å². The number of rotatable bonds is 7. The van der Waals surface area contributed by atoms with E-state index in [4.69, 9.17) is 13.7 Å². The summed E-state index contributed by atoms with van der Waals surface area (Å²) in [6, 6.07) is 18.4. The highest BCUT2D eigenvalue weighted by Gasteiger charge is 2.34. The molecule has 2 heterocycles. The summed E-state index contributed by atoms with van der Waals surface area (Å²) in [6.07, 6.45) is 1.05. The Balaban J connectivity index is 1.44. The van der Waals surface area contributed by atoms with Gasteiger partial charge in [-0.15, -0.1) is 0 Å². The molecule has 2 atom stereocenters. The summed E-state index contributed by atoms with van der Waals surface area (Å²) >= 11 is 0. The third-order valence-electron chi connectivity index (χ3n) is 4.66. The summed E-state index contributed by atoms with van der Waals surface area (Å²) in [5.41, 5.74) is 1.45. The second-order valence-electron chi connectivity index (χ2n) is 6.62. The maximum atomic E-state index is 12.9. The van der Waals surface area contributed by atoms with Gasteiger partial charge in [-0.1, -0.05) is 48.5 Å². The van der Waals surface area contributed by atoms with Gasteiger partial charge in [0.1, 0.15) is 17.1 Å². The second-order valence-corrected chi connectivity index (χ2v) is 8.16. The van der Waals surface area contributed by atoms with Gasteiger partial charge in [-0.05, 0) is 17.7 Å². The van der Waals surface area contributed by atoms with Gasteiger partial charge < -0.3 is 9.47 Å².